The van der Waals surface area contributed by atoms with Crippen molar-refractivity contribution in [3.05, 3.63) is 59.7 Å². The molecule has 105 valence electrons. The van der Waals surface area contributed by atoms with Crippen LogP contribution in [0.15, 0.2) is 58.5 Å². The molecular weight excluding hydrogens is 297 g/mol. The molecule has 0 unspecified atom stereocenters. The summed E-state index contributed by atoms with van der Waals surface area (Å²) in [6.45, 7) is 1.05. The summed E-state index contributed by atoms with van der Waals surface area (Å²) in [6.07, 6.45) is 3.26. The van der Waals surface area contributed by atoms with Crippen molar-refractivity contribution in [3.63, 3.8) is 0 Å². The number of phenolic OH excluding ortho intramolecular Hbond substituents is 2. The smallest absolute Gasteiger partial charge is 0.124 e. The molecule has 1 radical (unpaired) electrons. The second kappa shape index (κ2) is 9.23. The number of rotatable bonds is 5. The number of nitrogens with zero attached hydrogens (tertiary/aromatic N) is 2. The molecule has 0 amide bonds. The van der Waals surface area contributed by atoms with Gasteiger partial charge in [0.2, 0.25) is 0 Å². The molecule has 0 aliphatic heterocycles. The second-order valence-electron chi connectivity index (χ2n) is 4.19. The summed E-state index contributed by atoms with van der Waals surface area (Å²) >= 11 is 0. The first-order valence-electron chi connectivity index (χ1n) is 6.33. The maximum absolute atomic E-state index is 9.54. The van der Waals surface area contributed by atoms with E-state index in [-0.39, 0.29) is 37.3 Å². The molecule has 21 heavy (non-hydrogen) atoms. The van der Waals surface area contributed by atoms with E-state index in [0.29, 0.717) is 24.2 Å². The van der Waals surface area contributed by atoms with Crippen LogP contribution in [0.25, 0.3) is 0 Å². The van der Waals surface area contributed by atoms with Gasteiger partial charge in [0, 0.05) is 49.4 Å². The van der Waals surface area contributed by atoms with Gasteiger partial charge in [-0.2, -0.15) is 0 Å². The first kappa shape index (κ1) is 17.3. The summed E-state index contributed by atoms with van der Waals surface area (Å²) in [6, 6.07) is 14.1. The van der Waals surface area contributed by atoms with E-state index in [1.54, 1.807) is 48.8 Å². The minimum absolute atomic E-state index is 0. The Balaban J connectivity index is 0.00000220. The second-order valence-corrected chi connectivity index (χ2v) is 4.19. The molecule has 0 aliphatic carbocycles. The van der Waals surface area contributed by atoms with E-state index in [4.69, 9.17) is 0 Å². The van der Waals surface area contributed by atoms with Crippen LogP contribution < -0.4 is 0 Å². The van der Waals surface area contributed by atoms with Crippen LogP contribution in [0.2, 0.25) is 0 Å². The Morgan fingerprint density at radius 2 is 1.10 bits per heavy atom. The summed E-state index contributed by atoms with van der Waals surface area (Å²) in [5, 5.41) is 19.1. The van der Waals surface area contributed by atoms with Gasteiger partial charge in [-0.1, -0.05) is 24.3 Å². The third-order valence-electron chi connectivity index (χ3n) is 2.69. The molecule has 2 rings (SSSR count). The number of hydrogen-bond donors (Lipinski definition) is 2. The van der Waals surface area contributed by atoms with E-state index in [2.05, 4.69) is 9.98 Å². The number of para-hydroxylation sites is 2. The Morgan fingerprint density at radius 3 is 1.48 bits per heavy atom. The summed E-state index contributed by atoms with van der Waals surface area (Å²) in [4.78, 5) is 8.39. The SMILES string of the molecule is Oc1ccccc1/C=N/CC/N=C/c1ccccc1O.[Sc]. The van der Waals surface area contributed by atoms with Crippen LogP contribution in [0.4, 0.5) is 0 Å². The minimum Gasteiger partial charge on any atom is -0.507 e. The van der Waals surface area contributed by atoms with Crippen molar-refractivity contribution >= 4 is 12.4 Å². The zero-order valence-corrected chi connectivity index (χ0v) is 13.4. The van der Waals surface area contributed by atoms with E-state index in [1.807, 2.05) is 12.1 Å². The van der Waals surface area contributed by atoms with Gasteiger partial charge in [-0.25, -0.2) is 0 Å². The third kappa shape index (κ3) is 5.63. The first-order valence-corrected chi connectivity index (χ1v) is 6.33. The van der Waals surface area contributed by atoms with Crippen LogP contribution in [0.5, 0.6) is 11.5 Å². The average Bonchev–Trinajstić information content (AvgIpc) is 2.46. The Hall–Kier alpha value is -1.75. The Bertz CT molecular complexity index is 572. The maximum atomic E-state index is 9.54. The van der Waals surface area contributed by atoms with Gasteiger partial charge in [-0.3, -0.25) is 9.98 Å². The van der Waals surface area contributed by atoms with Crippen LogP contribution >= 0.6 is 0 Å². The Kier molecular flexibility index (Phi) is 7.61. The zero-order valence-electron chi connectivity index (χ0n) is 11.6. The molecule has 4 nitrogen and oxygen atoms in total. The number of hydrogen-bond acceptors (Lipinski definition) is 4. The number of aliphatic imine (C=N–C) groups is 2. The van der Waals surface area contributed by atoms with Gasteiger partial charge in [0.1, 0.15) is 11.5 Å². The molecule has 0 aliphatic rings. The number of benzene rings is 2. The predicted molar refractivity (Wildman–Crippen MR) is 81.1 cm³/mol. The van der Waals surface area contributed by atoms with E-state index in [9.17, 15) is 10.2 Å². The van der Waals surface area contributed by atoms with Crippen LogP contribution in [-0.2, 0) is 25.8 Å². The van der Waals surface area contributed by atoms with Gasteiger partial charge in [-0.15, -0.1) is 0 Å². The van der Waals surface area contributed by atoms with Crippen molar-refractivity contribution in [2.24, 2.45) is 9.98 Å². The third-order valence-corrected chi connectivity index (χ3v) is 2.69. The van der Waals surface area contributed by atoms with Crippen molar-refractivity contribution in [2.75, 3.05) is 13.1 Å². The predicted octanol–water partition coefficient (Wildman–Crippen LogP) is 2.63. The van der Waals surface area contributed by atoms with Gasteiger partial charge in [0.15, 0.2) is 0 Å². The molecule has 0 aromatic heterocycles. The fourth-order valence-electron chi connectivity index (χ4n) is 1.63. The van der Waals surface area contributed by atoms with Gasteiger partial charge in [-0.05, 0) is 24.3 Å². The Morgan fingerprint density at radius 1 is 0.714 bits per heavy atom. The molecule has 0 atom stereocenters. The average molecular weight is 313 g/mol. The summed E-state index contributed by atoms with van der Waals surface area (Å²) in [5.74, 6) is 0.433. The maximum Gasteiger partial charge on any atom is 0.124 e. The molecular formula is C16H16N2O2Sc. The summed E-state index contributed by atoms with van der Waals surface area (Å²) in [7, 11) is 0. The van der Waals surface area contributed by atoms with Crippen LogP contribution in [0.1, 0.15) is 11.1 Å². The largest absolute Gasteiger partial charge is 0.507 e. The normalized spacial score (nSPS) is 10.9. The van der Waals surface area contributed by atoms with Crippen LogP contribution in [-0.4, -0.2) is 35.7 Å². The molecule has 0 heterocycles. The van der Waals surface area contributed by atoms with Crippen LogP contribution in [0.3, 0.4) is 0 Å². The van der Waals surface area contributed by atoms with Gasteiger partial charge in [0.05, 0.1) is 13.1 Å². The fraction of sp³-hybridized carbons (Fsp3) is 0.125. The Labute approximate surface area is 142 Å². The molecule has 2 aromatic rings. The van der Waals surface area contributed by atoms with E-state index in [1.165, 1.54) is 0 Å². The molecule has 5 heteroatoms. The monoisotopic (exact) mass is 313 g/mol. The molecule has 2 aromatic carbocycles. The van der Waals surface area contributed by atoms with Crippen molar-refractivity contribution in [1.82, 2.24) is 0 Å². The summed E-state index contributed by atoms with van der Waals surface area (Å²) < 4.78 is 0. The molecule has 0 saturated heterocycles. The number of phenols is 2. The molecule has 2 N–H and O–H groups in total. The standard InChI is InChI=1S/C16H16N2O2.Sc/c19-15-7-3-1-5-13(15)11-17-9-10-18-12-14-6-2-4-8-16(14)20;/h1-8,11-12,19-20H,9-10H2;/b17-11+,18-12+;. The van der Waals surface area contributed by atoms with Gasteiger partial charge >= 0.3 is 0 Å². The molecule has 0 spiro atoms. The topological polar surface area (TPSA) is 65.2 Å². The van der Waals surface area contributed by atoms with E-state index in [0.717, 1.165) is 0 Å². The van der Waals surface area contributed by atoms with Gasteiger partial charge < -0.3 is 10.2 Å². The number of aromatic hydroxyl groups is 2. The van der Waals surface area contributed by atoms with Crippen molar-refractivity contribution in [3.8, 4) is 11.5 Å². The van der Waals surface area contributed by atoms with Crippen LogP contribution in [0, 0.1) is 0 Å². The van der Waals surface area contributed by atoms with Crippen molar-refractivity contribution < 1.29 is 36.1 Å². The van der Waals surface area contributed by atoms with Crippen molar-refractivity contribution in [1.29, 1.82) is 0 Å². The fourth-order valence-corrected chi connectivity index (χ4v) is 1.63. The van der Waals surface area contributed by atoms with E-state index < -0.39 is 0 Å². The van der Waals surface area contributed by atoms with Gasteiger partial charge in [0.25, 0.3) is 0 Å². The molecule has 0 fully saturated rings. The molecule has 0 saturated carbocycles. The minimum atomic E-state index is 0. The van der Waals surface area contributed by atoms with E-state index >= 15 is 0 Å². The first-order chi connectivity index (χ1) is 9.77. The summed E-state index contributed by atoms with van der Waals surface area (Å²) in [5.41, 5.74) is 1.38. The van der Waals surface area contributed by atoms with Crippen molar-refractivity contribution in [2.45, 2.75) is 0 Å². The quantitative estimate of drug-likeness (QED) is 0.658. The molecule has 0 bridgehead atoms. The zero-order chi connectivity index (χ0) is 14.2.